The number of fused-ring (bicyclic) bond motifs is 1. The molecule has 0 aliphatic heterocycles. The van der Waals surface area contributed by atoms with Crippen LogP contribution in [-0.4, -0.2) is 0 Å². The van der Waals surface area contributed by atoms with Crippen molar-refractivity contribution in [2.24, 2.45) is 0 Å². The van der Waals surface area contributed by atoms with Gasteiger partial charge in [-0.3, -0.25) is 0 Å². The zero-order valence-electron chi connectivity index (χ0n) is 10.1. The topological polar surface area (TPSA) is 26.0 Å². The maximum atomic E-state index is 5.76. The fraction of sp³-hybridized carbons (Fsp3) is 0.333. The second-order valence-electron chi connectivity index (χ2n) is 2.57. The third-order valence-corrected chi connectivity index (χ3v) is 1.82. The quantitative estimate of drug-likeness (QED) is 0.612. The van der Waals surface area contributed by atoms with Crippen LogP contribution in [0, 0.1) is 0 Å². The Balaban J connectivity index is 0. The molecule has 0 fully saturated rings. The number of nitrogen functional groups attached to an aromatic ring is 1. The van der Waals surface area contributed by atoms with Crippen LogP contribution < -0.4 is 5.73 Å². The lowest BCUT2D eigenvalue weighted by Crippen LogP contribution is -1.84. The molecule has 0 heterocycles. The predicted octanol–water partition coefficient (Wildman–Crippen LogP) is 5.11. The van der Waals surface area contributed by atoms with Gasteiger partial charge in [0.15, 0.2) is 0 Å². The number of hydrogen-bond donors (Lipinski definition) is 1. The minimum Gasteiger partial charge on any atom is -0.398 e. The molecule has 0 aliphatic rings. The Labute approximate surface area is 100 Å². The van der Waals surface area contributed by atoms with E-state index in [1.807, 2.05) is 58.0 Å². The standard InChI is InChI=1S/C10H9N.2C2H6.CH4/c11-10-7-3-5-8-4-1-2-6-9(8)10;2*1-2;/h1-7H,11H2;2*1-2H3;1H4. The van der Waals surface area contributed by atoms with E-state index < -0.39 is 0 Å². The summed E-state index contributed by atoms with van der Waals surface area (Å²) in [5.74, 6) is 0. The van der Waals surface area contributed by atoms with E-state index in [1.165, 1.54) is 5.39 Å². The van der Waals surface area contributed by atoms with Gasteiger partial charge in [-0.25, -0.2) is 0 Å². The van der Waals surface area contributed by atoms with Gasteiger partial charge in [-0.1, -0.05) is 71.5 Å². The van der Waals surface area contributed by atoms with E-state index in [-0.39, 0.29) is 7.43 Å². The van der Waals surface area contributed by atoms with E-state index in [1.54, 1.807) is 0 Å². The Morgan fingerprint density at radius 1 is 0.750 bits per heavy atom. The first kappa shape index (κ1) is 16.9. The summed E-state index contributed by atoms with van der Waals surface area (Å²) >= 11 is 0. The van der Waals surface area contributed by atoms with Crippen molar-refractivity contribution in [2.45, 2.75) is 35.1 Å². The van der Waals surface area contributed by atoms with Crippen LogP contribution in [0.1, 0.15) is 35.1 Å². The van der Waals surface area contributed by atoms with Gasteiger partial charge in [-0.05, 0) is 11.5 Å². The van der Waals surface area contributed by atoms with Crippen molar-refractivity contribution >= 4 is 16.5 Å². The van der Waals surface area contributed by atoms with Crippen molar-refractivity contribution in [1.29, 1.82) is 0 Å². The molecule has 0 bridgehead atoms. The minimum atomic E-state index is 0. The molecule has 90 valence electrons. The Morgan fingerprint density at radius 3 is 1.81 bits per heavy atom. The lowest BCUT2D eigenvalue weighted by atomic mass is 10.1. The number of anilines is 1. The summed E-state index contributed by atoms with van der Waals surface area (Å²) in [6.45, 7) is 8.00. The SMILES string of the molecule is C.CC.CC.Nc1cccc2ccccc12. The molecule has 0 radical (unpaired) electrons. The Bertz CT molecular complexity index is 375. The van der Waals surface area contributed by atoms with Gasteiger partial charge in [0, 0.05) is 11.1 Å². The van der Waals surface area contributed by atoms with Crippen LogP contribution in [0.4, 0.5) is 5.69 Å². The summed E-state index contributed by atoms with van der Waals surface area (Å²) in [6.07, 6.45) is 0. The first-order valence-electron chi connectivity index (χ1n) is 5.61. The lowest BCUT2D eigenvalue weighted by molar-refractivity contribution is 1.50. The molecule has 2 aromatic carbocycles. The van der Waals surface area contributed by atoms with Crippen LogP contribution in [0.25, 0.3) is 10.8 Å². The van der Waals surface area contributed by atoms with Gasteiger partial charge in [-0.15, -0.1) is 0 Å². The van der Waals surface area contributed by atoms with Crippen LogP contribution in [0.5, 0.6) is 0 Å². The Hall–Kier alpha value is -1.50. The van der Waals surface area contributed by atoms with Crippen LogP contribution in [0.15, 0.2) is 42.5 Å². The molecule has 1 nitrogen and oxygen atoms in total. The lowest BCUT2D eigenvalue weighted by Gasteiger charge is -1.98. The molecule has 2 N–H and O–H groups in total. The number of hydrogen-bond acceptors (Lipinski definition) is 1. The van der Waals surface area contributed by atoms with Crippen molar-refractivity contribution in [3.05, 3.63) is 42.5 Å². The normalized spacial score (nSPS) is 7.75. The highest BCUT2D eigenvalue weighted by molar-refractivity contribution is 5.92. The van der Waals surface area contributed by atoms with Gasteiger partial charge >= 0.3 is 0 Å². The molecule has 0 saturated heterocycles. The molecule has 2 rings (SSSR count). The smallest absolute Gasteiger partial charge is 0.0393 e. The van der Waals surface area contributed by atoms with Crippen molar-refractivity contribution in [3.63, 3.8) is 0 Å². The molecule has 0 spiro atoms. The van der Waals surface area contributed by atoms with E-state index in [9.17, 15) is 0 Å². The van der Waals surface area contributed by atoms with Crippen molar-refractivity contribution in [1.82, 2.24) is 0 Å². The average molecular weight is 219 g/mol. The first-order chi connectivity index (χ1) is 7.38. The van der Waals surface area contributed by atoms with Crippen molar-refractivity contribution in [2.75, 3.05) is 5.73 Å². The first-order valence-corrected chi connectivity index (χ1v) is 5.61. The third kappa shape index (κ3) is 4.35. The van der Waals surface area contributed by atoms with Gasteiger partial charge in [0.05, 0.1) is 0 Å². The Morgan fingerprint density at radius 2 is 1.25 bits per heavy atom. The van der Waals surface area contributed by atoms with Gasteiger partial charge < -0.3 is 5.73 Å². The van der Waals surface area contributed by atoms with E-state index >= 15 is 0 Å². The molecule has 0 atom stereocenters. The van der Waals surface area contributed by atoms with Crippen LogP contribution in [0.3, 0.4) is 0 Å². The number of rotatable bonds is 0. The zero-order chi connectivity index (χ0) is 11.7. The number of nitrogens with two attached hydrogens (primary N) is 1. The summed E-state index contributed by atoms with van der Waals surface area (Å²) in [7, 11) is 0. The molecule has 0 saturated carbocycles. The van der Waals surface area contributed by atoms with Crippen molar-refractivity contribution in [3.8, 4) is 0 Å². The maximum absolute atomic E-state index is 5.76. The third-order valence-electron chi connectivity index (χ3n) is 1.82. The molecule has 0 unspecified atom stereocenters. The van der Waals surface area contributed by atoms with E-state index in [2.05, 4.69) is 12.1 Å². The Kier molecular flexibility index (Phi) is 10.6. The predicted molar refractivity (Wildman–Crippen MR) is 77.8 cm³/mol. The summed E-state index contributed by atoms with van der Waals surface area (Å²) in [6, 6.07) is 14.1. The van der Waals surface area contributed by atoms with Crippen LogP contribution >= 0.6 is 0 Å². The number of benzene rings is 2. The monoisotopic (exact) mass is 219 g/mol. The molecule has 0 aromatic heterocycles. The van der Waals surface area contributed by atoms with Gasteiger partial charge in [0.25, 0.3) is 0 Å². The fourth-order valence-electron chi connectivity index (χ4n) is 1.25. The van der Waals surface area contributed by atoms with Crippen LogP contribution in [-0.2, 0) is 0 Å². The van der Waals surface area contributed by atoms with E-state index in [0.29, 0.717) is 0 Å². The van der Waals surface area contributed by atoms with Crippen molar-refractivity contribution < 1.29 is 0 Å². The van der Waals surface area contributed by atoms with Gasteiger partial charge in [-0.2, -0.15) is 0 Å². The molecular formula is C15H25N. The molecule has 1 heteroatoms. The molecule has 16 heavy (non-hydrogen) atoms. The average Bonchev–Trinajstić information content (AvgIpc) is 2.35. The van der Waals surface area contributed by atoms with Crippen LogP contribution in [0.2, 0.25) is 0 Å². The zero-order valence-corrected chi connectivity index (χ0v) is 10.1. The maximum Gasteiger partial charge on any atom is 0.0393 e. The molecule has 0 amide bonds. The summed E-state index contributed by atoms with van der Waals surface area (Å²) < 4.78 is 0. The summed E-state index contributed by atoms with van der Waals surface area (Å²) in [5, 5.41) is 2.34. The highest BCUT2D eigenvalue weighted by atomic mass is 14.5. The minimum absolute atomic E-state index is 0. The summed E-state index contributed by atoms with van der Waals surface area (Å²) in [5.41, 5.74) is 6.61. The second kappa shape index (κ2) is 10.0. The second-order valence-corrected chi connectivity index (χ2v) is 2.57. The van der Waals surface area contributed by atoms with Gasteiger partial charge in [0.1, 0.15) is 0 Å². The van der Waals surface area contributed by atoms with E-state index in [0.717, 1.165) is 11.1 Å². The highest BCUT2D eigenvalue weighted by Crippen LogP contribution is 2.19. The molecule has 0 aliphatic carbocycles. The molecular weight excluding hydrogens is 194 g/mol. The fourth-order valence-corrected chi connectivity index (χ4v) is 1.25. The summed E-state index contributed by atoms with van der Waals surface area (Å²) in [4.78, 5) is 0. The largest absolute Gasteiger partial charge is 0.398 e. The highest BCUT2D eigenvalue weighted by Gasteiger charge is 1.92. The van der Waals surface area contributed by atoms with Gasteiger partial charge in [0.2, 0.25) is 0 Å². The van der Waals surface area contributed by atoms with E-state index in [4.69, 9.17) is 5.73 Å². The molecule has 2 aromatic rings.